The fraction of sp³-hybridized carbons (Fsp3) is 1.00. The molecule has 0 spiro atoms. The van der Waals surface area contributed by atoms with Gasteiger partial charge in [-0.25, -0.2) is 13.1 Å². The summed E-state index contributed by atoms with van der Waals surface area (Å²) in [5.41, 5.74) is 5.96. The Labute approximate surface area is 134 Å². The highest BCUT2D eigenvalue weighted by atomic mass is 32.2. The van der Waals surface area contributed by atoms with Gasteiger partial charge in [-0.1, -0.05) is 45.4 Å². The molecule has 0 heterocycles. The van der Waals surface area contributed by atoms with Gasteiger partial charge in [-0.3, -0.25) is 0 Å². The lowest BCUT2D eigenvalue weighted by Gasteiger charge is -2.29. The molecule has 1 aliphatic carbocycles. The van der Waals surface area contributed by atoms with Gasteiger partial charge in [0.1, 0.15) is 0 Å². The Kier molecular flexibility index (Phi) is 8.86. The number of hydrogen-bond donors (Lipinski definition) is 4. The summed E-state index contributed by atoms with van der Waals surface area (Å²) in [6.07, 6.45) is 5.56. The highest BCUT2D eigenvalue weighted by Gasteiger charge is 2.29. The molecule has 0 aliphatic heterocycles. The van der Waals surface area contributed by atoms with Crippen molar-refractivity contribution in [2.45, 2.75) is 76.5 Å². The number of nitrogens with two attached hydrogens (primary N) is 1. The topological polar surface area (TPSA) is 113 Å². The minimum absolute atomic E-state index is 0.357. The molecule has 7 heteroatoms. The highest BCUT2D eigenvalue weighted by molar-refractivity contribution is 7.89. The lowest BCUT2D eigenvalue weighted by molar-refractivity contribution is 0.0107. The first-order valence-corrected chi connectivity index (χ1v) is 10.1. The molecule has 5 N–H and O–H groups in total. The second kappa shape index (κ2) is 9.82. The average molecular weight is 336 g/mol. The zero-order chi connectivity index (χ0) is 16.6. The van der Waals surface area contributed by atoms with Crippen molar-refractivity contribution < 1.29 is 18.6 Å². The number of hydrogen-bond acceptors (Lipinski definition) is 5. The van der Waals surface area contributed by atoms with Crippen LogP contribution < -0.4 is 10.5 Å². The fourth-order valence-corrected chi connectivity index (χ4v) is 4.24. The monoisotopic (exact) mass is 336 g/mol. The second-order valence-electron chi connectivity index (χ2n) is 6.49. The highest BCUT2D eigenvalue weighted by Crippen LogP contribution is 2.27. The number of aliphatic hydroxyl groups is 2. The Morgan fingerprint density at radius 3 is 2.45 bits per heavy atom. The molecule has 0 bridgehead atoms. The Bertz CT molecular complexity index is 396. The predicted octanol–water partition coefficient (Wildman–Crippen LogP) is 0.725. The van der Waals surface area contributed by atoms with Crippen LogP contribution in [0.15, 0.2) is 0 Å². The molecule has 0 amide bonds. The Balaban J connectivity index is 2.40. The first-order valence-electron chi connectivity index (χ1n) is 8.44. The number of rotatable bonds is 10. The maximum Gasteiger partial charge on any atom is 0.214 e. The largest absolute Gasteiger partial charge is 0.389 e. The molecular weight excluding hydrogens is 304 g/mol. The summed E-state index contributed by atoms with van der Waals surface area (Å²) in [6.45, 7) is 2.33. The van der Waals surface area contributed by atoms with Gasteiger partial charge in [0.25, 0.3) is 0 Å². The molecule has 1 fully saturated rings. The average Bonchev–Trinajstić information content (AvgIpc) is 2.47. The van der Waals surface area contributed by atoms with E-state index in [9.17, 15) is 18.6 Å². The van der Waals surface area contributed by atoms with E-state index in [0.29, 0.717) is 18.9 Å². The third-order valence-electron chi connectivity index (χ3n) is 4.41. The summed E-state index contributed by atoms with van der Waals surface area (Å²) in [7, 11) is -3.58. The molecule has 0 aromatic heterocycles. The van der Waals surface area contributed by atoms with Gasteiger partial charge >= 0.3 is 0 Å². The molecular formula is C15H32N2O4S. The van der Waals surface area contributed by atoms with Crippen molar-refractivity contribution in [1.82, 2.24) is 4.72 Å². The van der Waals surface area contributed by atoms with Gasteiger partial charge < -0.3 is 15.9 Å². The SMILES string of the molecule is CCCCNS(=O)(=O)C[C@H](O)[C@H](O)[C@@H](N)CC1CCCCC1. The third kappa shape index (κ3) is 7.37. The Hall–Kier alpha value is -0.210. The Morgan fingerprint density at radius 2 is 1.86 bits per heavy atom. The Morgan fingerprint density at radius 1 is 1.23 bits per heavy atom. The first kappa shape index (κ1) is 19.8. The van der Waals surface area contributed by atoms with Crippen LogP contribution in [0.2, 0.25) is 0 Å². The molecule has 22 heavy (non-hydrogen) atoms. The van der Waals surface area contributed by atoms with E-state index in [1.54, 1.807) is 0 Å². The lowest BCUT2D eigenvalue weighted by Crippen LogP contribution is -2.48. The van der Waals surface area contributed by atoms with Crippen LogP contribution in [0.4, 0.5) is 0 Å². The van der Waals surface area contributed by atoms with Gasteiger partial charge in [-0.05, 0) is 18.8 Å². The molecule has 1 saturated carbocycles. The summed E-state index contributed by atoms with van der Waals surface area (Å²) < 4.78 is 26.0. The first-order chi connectivity index (χ1) is 10.4. The number of aliphatic hydroxyl groups excluding tert-OH is 2. The van der Waals surface area contributed by atoms with Crippen molar-refractivity contribution in [1.29, 1.82) is 0 Å². The van der Waals surface area contributed by atoms with E-state index in [1.165, 1.54) is 19.3 Å². The molecule has 0 saturated heterocycles. The summed E-state index contributed by atoms with van der Waals surface area (Å²) in [4.78, 5) is 0. The normalized spacial score (nSPS) is 21.5. The van der Waals surface area contributed by atoms with E-state index in [0.717, 1.165) is 25.7 Å². The van der Waals surface area contributed by atoms with E-state index in [2.05, 4.69) is 4.72 Å². The minimum atomic E-state index is -3.58. The molecule has 6 nitrogen and oxygen atoms in total. The second-order valence-corrected chi connectivity index (χ2v) is 8.34. The summed E-state index contributed by atoms with van der Waals surface area (Å²) >= 11 is 0. The molecule has 0 unspecified atom stereocenters. The van der Waals surface area contributed by atoms with Gasteiger partial charge in [-0.15, -0.1) is 0 Å². The van der Waals surface area contributed by atoms with Crippen LogP contribution in [-0.2, 0) is 10.0 Å². The molecule has 1 aliphatic rings. The lowest BCUT2D eigenvalue weighted by atomic mass is 9.83. The third-order valence-corrected chi connectivity index (χ3v) is 5.83. The molecule has 1 rings (SSSR count). The van der Waals surface area contributed by atoms with Crippen LogP contribution in [0.3, 0.4) is 0 Å². The van der Waals surface area contributed by atoms with Crippen LogP contribution in [-0.4, -0.2) is 49.2 Å². The van der Waals surface area contributed by atoms with Crippen LogP contribution in [0.1, 0.15) is 58.3 Å². The van der Waals surface area contributed by atoms with Gasteiger partial charge in [0.05, 0.1) is 18.0 Å². The smallest absolute Gasteiger partial charge is 0.214 e. The van der Waals surface area contributed by atoms with Crippen LogP contribution in [0, 0.1) is 5.92 Å². The fourth-order valence-electron chi connectivity index (χ4n) is 3.02. The molecule has 0 aromatic carbocycles. The predicted molar refractivity (Wildman–Crippen MR) is 87.9 cm³/mol. The minimum Gasteiger partial charge on any atom is -0.389 e. The quantitative estimate of drug-likeness (QED) is 0.439. The van der Waals surface area contributed by atoms with Gasteiger partial charge in [-0.2, -0.15) is 0 Å². The maximum absolute atomic E-state index is 11.8. The van der Waals surface area contributed by atoms with E-state index >= 15 is 0 Å². The van der Waals surface area contributed by atoms with Crippen molar-refractivity contribution >= 4 is 10.0 Å². The number of sulfonamides is 1. The zero-order valence-electron chi connectivity index (χ0n) is 13.6. The van der Waals surface area contributed by atoms with Gasteiger partial charge in [0.15, 0.2) is 0 Å². The van der Waals surface area contributed by atoms with Crippen molar-refractivity contribution in [3.05, 3.63) is 0 Å². The molecule has 0 radical (unpaired) electrons. The van der Waals surface area contributed by atoms with Crippen LogP contribution in [0.25, 0.3) is 0 Å². The van der Waals surface area contributed by atoms with Crippen LogP contribution >= 0.6 is 0 Å². The summed E-state index contributed by atoms with van der Waals surface area (Å²) in [6, 6.07) is -0.580. The standard InChI is InChI=1S/C15H32N2O4S/c1-2-3-9-17-22(20,21)11-14(18)15(19)13(16)10-12-7-5-4-6-8-12/h12-15,17-19H,2-11,16H2,1H3/t13-,14-,15+/m0/s1. The molecule has 3 atom stereocenters. The maximum atomic E-state index is 11.8. The number of unbranched alkanes of at least 4 members (excludes halogenated alkanes) is 1. The van der Waals surface area contributed by atoms with Crippen molar-refractivity contribution in [2.75, 3.05) is 12.3 Å². The van der Waals surface area contributed by atoms with Crippen LogP contribution in [0.5, 0.6) is 0 Å². The van der Waals surface area contributed by atoms with Gasteiger partial charge in [0, 0.05) is 12.6 Å². The zero-order valence-corrected chi connectivity index (χ0v) is 14.4. The van der Waals surface area contributed by atoms with E-state index in [-0.39, 0.29) is 0 Å². The number of nitrogens with one attached hydrogen (secondary N) is 1. The van der Waals surface area contributed by atoms with Crippen molar-refractivity contribution in [2.24, 2.45) is 11.7 Å². The molecule has 132 valence electrons. The van der Waals surface area contributed by atoms with Gasteiger partial charge in [0.2, 0.25) is 10.0 Å². The molecule has 0 aromatic rings. The van der Waals surface area contributed by atoms with E-state index < -0.39 is 34.0 Å². The summed E-state index contributed by atoms with van der Waals surface area (Å²) in [5, 5.41) is 20.0. The van der Waals surface area contributed by atoms with Crippen molar-refractivity contribution in [3.63, 3.8) is 0 Å². The van der Waals surface area contributed by atoms with E-state index in [1.807, 2.05) is 6.92 Å². The van der Waals surface area contributed by atoms with E-state index in [4.69, 9.17) is 5.73 Å². The summed E-state index contributed by atoms with van der Waals surface area (Å²) in [5.74, 6) is -0.0270. The van der Waals surface area contributed by atoms with Crippen molar-refractivity contribution in [3.8, 4) is 0 Å².